The minimum absolute atomic E-state index is 0.0323. The van der Waals surface area contributed by atoms with Crippen molar-refractivity contribution in [3.8, 4) is 16.9 Å². The van der Waals surface area contributed by atoms with Crippen molar-refractivity contribution in [3.05, 3.63) is 88.5 Å². The van der Waals surface area contributed by atoms with E-state index in [-0.39, 0.29) is 6.61 Å². The van der Waals surface area contributed by atoms with Gasteiger partial charge in [0.15, 0.2) is 0 Å². The fraction of sp³-hybridized carbons (Fsp3) is 0.400. The van der Waals surface area contributed by atoms with Crippen molar-refractivity contribution in [2.24, 2.45) is 0 Å². The lowest BCUT2D eigenvalue weighted by Gasteiger charge is -2.27. The van der Waals surface area contributed by atoms with Crippen LogP contribution in [0.15, 0.2) is 60.7 Å². The van der Waals surface area contributed by atoms with Gasteiger partial charge in [-0.25, -0.2) is 0 Å². The Morgan fingerprint density at radius 1 is 0.788 bits per heavy atom. The van der Waals surface area contributed by atoms with Crippen LogP contribution >= 0.6 is 0 Å². The van der Waals surface area contributed by atoms with Crippen molar-refractivity contribution in [1.29, 1.82) is 0 Å². The molecule has 33 heavy (non-hydrogen) atoms. The summed E-state index contributed by atoms with van der Waals surface area (Å²) in [4.78, 5) is 0. The molecule has 3 nitrogen and oxygen atoms in total. The van der Waals surface area contributed by atoms with Crippen LogP contribution in [0.3, 0.4) is 0 Å². The van der Waals surface area contributed by atoms with Gasteiger partial charge in [-0.3, -0.25) is 0 Å². The van der Waals surface area contributed by atoms with Crippen LogP contribution in [0, 0.1) is 0 Å². The number of aliphatic hydroxyl groups is 2. The van der Waals surface area contributed by atoms with E-state index < -0.39 is 5.60 Å². The molecule has 0 amide bonds. The van der Waals surface area contributed by atoms with Gasteiger partial charge in [0.25, 0.3) is 0 Å². The summed E-state index contributed by atoms with van der Waals surface area (Å²) in [5, 5.41) is 20.5. The van der Waals surface area contributed by atoms with E-state index in [4.69, 9.17) is 4.74 Å². The summed E-state index contributed by atoms with van der Waals surface area (Å²) in [7, 11) is 0. The summed E-state index contributed by atoms with van der Waals surface area (Å²) in [5.41, 5.74) is 7.15. The molecule has 0 saturated carbocycles. The molecule has 3 aromatic rings. The molecule has 2 N–H and O–H groups in total. The van der Waals surface area contributed by atoms with Crippen LogP contribution in [0.2, 0.25) is 0 Å². The van der Waals surface area contributed by atoms with Gasteiger partial charge in [-0.2, -0.15) is 0 Å². The Balaban J connectivity index is 1.96. The van der Waals surface area contributed by atoms with Crippen LogP contribution in [0.5, 0.6) is 5.75 Å². The smallest absolute Gasteiger partial charge is 0.120 e. The van der Waals surface area contributed by atoms with Crippen LogP contribution in [0.1, 0.15) is 74.8 Å². The second-order valence-electron chi connectivity index (χ2n) is 8.80. The molecule has 0 aromatic heterocycles. The molecular formula is C30H38O3. The number of ether oxygens (including phenoxy) is 1. The predicted molar refractivity (Wildman–Crippen MR) is 136 cm³/mol. The third-order valence-corrected chi connectivity index (χ3v) is 6.66. The maximum absolute atomic E-state index is 11.1. The summed E-state index contributed by atoms with van der Waals surface area (Å²) in [6, 6.07) is 20.7. The average molecular weight is 447 g/mol. The highest BCUT2D eigenvalue weighted by Gasteiger charge is 2.25. The first kappa shape index (κ1) is 25.0. The molecule has 0 bridgehead atoms. The van der Waals surface area contributed by atoms with Gasteiger partial charge in [-0.05, 0) is 76.8 Å². The van der Waals surface area contributed by atoms with E-state index >= 15 is 0 Å². The maximum atomic E-state index is 11.1. The minimum Gasteiger partial charge on any atom is -0.489 e. The van der Waals surface area contributed by atoms with Gasteiger partial charge in [0, 0.05) is 0 Å². The van der Waals surface area contributed by atoms with Crippen LogP contribution in [0.4, 0.5) is 0 Å². The number of hydrogen-bond acceptors (Lipinski definition) is 3. The number of benzene rings is 3. The molecule has 3 aromatic carbocycles. The van der Waals surface area contributed by atoms with Gasteiger partial charge in [0.05, 0.1) is 12.2 Å². The molecule has 0 heterocycles. The number of aliphatic hydroxyl groups excluding tert-OH is 1. The molecule has 0 atom stereocenters. The summed E-state index contributed by atoms with van der Waals surface area (Å²) in [5.74, 6) is 0.835. The van der Waals surface area contributed by atoms with Crippen molar-refractivity contribution >= 4 is 0 Å². The molecule has 3 heteroatoms. The first-order valence-electron chi connectivity index (χ1n) is 12.3. The minimum atomic E-state index is -0.775. The zero-order valence-corrected chi connectivity index (χ0v) is 20.5. The molecule has 0 spiro atoms. The van der Waals surface area contributed by atoms with Crippen molar-refractivity contribution in [2.45, 2.75) is 78.6 Å². The standard InChI is InChI=1S/C30H38O3/c1-5-10-25-18-26(30(32,7-3)8-4)14-16-28(25)29-19-27(15-13-24(29)6-2)33-21-23-12-9-11-22(17-23)20-31/h9,11-19,31-32H,5-8,10,20-21H2,1-4H3. The SMILES string of the molecule is CCCc1cc(C(O)(CC)CC)ccc1-c1cc(OCc2cccc(CO)c2)ccc1CC. The zero-order valence-electron chi connectivity index (χ0n) is 20.5. The van der Waals surface area contributed by atoms with Gasteiger partial charge < -0.3 is 14.9 Å². The van der Waals surface area contributed by atoms with Gasteiger partial charge in [0.2, 0.25) is 0 Å². The maximum Gasteiger partial charge on any atom is 0.120 e. The van der Waals surface area contributed by atoms with Gasteiger partial charge >= 0.3 is 0 Å². The summed E-state index contributed by atoms with van der Waals surface area (Å²) < 4.78 is 6.14. The monoisotopic (exact) mass is 446 g/mol. The number of rotatable bonds is 11. The molecule has 176 valence electrons. The topological polar surface area (TPSA) is 49.7 Å². The Kier molecular flexibility index (Phi) is 8.71. The Labute approximate surface area is 199 Å². The molecule has 0 radical (unpaired) electrons. The van der Waals surface area contributed by atoms with Crippen LogP contribution in [-0.4, -0.2) is 10.2 Å². The molecule has 0 fully saturated rings. The zero-order chi connectivity index (χ0) is 23.8. The summed E-state index contributed by atoms with van der Waals surface area (Å²) in [6.07, 6.45) is 4.36. The van der Waals surface area contributed by atoms with Crippen LogP contribution in [-0.2, 0) is 31.7 Å². The van der Waals surface area contributed by atoms with E-state index in [1.165, 1.54) is 22.3 Å². The second-order valence-corrected chi connectivity index (χ2v) is 8.80. The third kappa shape index (κ3) is 5.85. The Morgan fingerprint density at radius 2 is 1.55 bits per heavy atom. The highest BCUT2D eigenvalue weighted by atomic mass is 16.5. The van der Waals surface area contributed by atoms with E-state index in [0.717, 1.165) is 41.7 Å². The lowest BCUT2D eigenvalue weighted by molar-refractivity contribution is 0.0283. The van der Waals surface area contributed by atoms with Gasteiger partial charge in [-0.15, -0.1) is 0 Å². The van der Waals surface area contributed by atoms with Gasteiger partial charge in [0.1, 0.15) is 12.4 Å². The second kappa shape index (κ2) is 11.5. The Hall–Kier alpha value is -2.62. The number of aryl methyl sites for hydroxylation is 2. The predicted octanol–water partition coefficient (Wildman–Crippen LogP) is 6.95. The van der Waals surface area contributed by atoms with E-state index in [9.17, 15) is 10.2 Å². The lowest BCUT2D eigenvalue weighted by Crippen LogP contribution is -2.23. The van der Waals surface area contributed by atoms with Crippen LogP contribution < -0.4 is 4.74 Å². The van der Waals surface area contributed by atoms with Crippen molar-refractivity contribution in [3.63, 3.8) is 0 Å². The summed E-state index contributed by atoms with van der Waals surface area (Å²) >= 11 is 0. The first-order chi connectivity index (χ1) is 16.0. The molecular weight excluding hydrogens is 408 g/mol. The van der Waals surface area contributed by atoms with E-state index in [1.54, 1.807) is 0 Å². The molecule has 0 aliphatic heterocycles. The van der Waals surface area contributed by atoms with Gasteiger partial charge in [-0.1, -0.05) is 82.6 Å². The van der Waals surface area contributed by atoms with Crippen molar-refractivity contribution < 1.29 is 14.9 Å². The molecule has 3 rings (SSSR count). The normalized spacial score (nSPS) is 11.6. The molecule has 0 aliphatic carbocycles. The number of hydrogen-bond donors (Lipinski definition) is 2. The fourth-order valence-electron chi connectivity index (χ4n) is 4.47. The average Bonchev–Trinajstić information content (AvgIpc) is 2.87. The first-order valence-corrected chi connectivity index (χ1v) is 12.3. The van der Waals surface area contributed by atoms with E-state index in [1.807, 2.05) is 44.2 Å². The Morgan fingerprint density at radius 3 is 2.21 bits per heavy atom. The quantitative estimate of drug-likeness (QED) is 0.335. The highest BCUT2D eigenvalue weighted by molar-refractivity contribution is 5.73. The fourth-order valence-corrected chi connectivity index (χ4v) is 4.47. The Bertz CT molecular complexity index is 1050. The van der Waals surface area contributed by atoms with E-state index in [0.29, 0.717) is 19.4 Å². The molecule has 0 saturated heterocycles. The van der Waals surface area contributed by atoms with Crippen LogP contribution in [0.25, 0.3) is 11.1 Å². The van der Waals surface area contributed by atoms with E-state index in [2.05, 4.69) is 44.2 Å². The van der Waals surface area contributed by atoms with Crippen molar-refractivity contribution in [2.75, 3.05) is 0 Å². The van der Waals surface area contributed by atoms with Crippen molar-refractivity contribution in [1.82, 2.24) is 0 Å². The molecule has 0 unspecified atom stereocenters. The highest BCUT2D eigenvalue weighted by Crippen LogP contribution is 2.36. The summed E-state index contributed by atoms with van der Waals surface area (Å²) in [6.45, 7) is 8.96. The lowest BCUT2D eigenvalue weighted by atomic mass is 9.84. The molecule has 0 aliphatic rings. The third-order valence-electron chi connectivity index (χ3n) is 6.66. The largest absolute Gasteiger partial charge is 0.489 e.